The van der Waals surface area contributed by atoms with E-state index in [1.807, 2.05) is 36.5 Å². The van der Waals surface area contributed by atoms with Crippen LogP contribution in [-0.4, -0.2) is 10.2 Å². The predicted octanol–water partition coefficient (Wildman–Crippen LogP) is 9.96. The highest BCUT2D eigenvalue weighted by molar-refractivity contribution is 5.65. The first-order valence-electron chi connectivity index (χ1n) is 13.9. The zero-order valence-corrected chi connectivity index (χ0v) is 22.5. The van der Waals surface area contributed by atoms with Crippen molar-refractivity contribution in [1.82, 2.24) is 0 Å². The molecule has 2 nitrogen and oxygen atoms in total. The third-order valence-electron chi connectivity index (χ3n) is 8.54. The number of aromatic hydroxyl groups is 2. The van der Waals surface area contributed by atoms with Crippen molar-refractivity contribution in [3.05, 3.63) is 129 Å². The summed E-state index contributed by atoms with van der Waals surface area (Å²) in [6, 6.07) is 5.90. The van der Waals surface area contributed by atoms with Gasteiger partial charge >= 0.3 is 12.4 Å². The van der Waals surface area contributed by atoms with Gasteiger partial charge in [-0.15, -0.1) is 0 Å². The van der Waals surface area contributed by atoms with Crippen LogP contribution in [0.15, 0.2) is 106 Å². The van der Waals surface area contributed by atoms with Crippen LogP contribution in [0.1, 0.15) is 72.6 Å². The minimum absolute atomic E-state index is 0.180. The van der Waals surface area contributed by atoms with E-state index < -0.39 is 35.3 Å². The second-order valence-electron chi connectivity index (χ2n) is 11.1. The highest BCUT2D eigenvalue weighted by Crippen LogP contribution is 2.53. The lowest BCUT2D eigenvalue weighted by Crippen LogP contribution is -2.10. The first-order valence-corrected chi connectivity index (χ1v) is 13.9. The molecule has 6 rings (SSSR count). The van der Waals surface area contributed by atoms with E-state index in [0.29, 0.717) is 12.8 Å². The third kappa shape index (κ3) is 5.12. The van der Waals surface area contributed by atoms with E-state index in [9.17, 15) is 36.6 Å². The molecular weight excluding hydrogens is 554 g/mol. The van der Waals surface area contributed by atoms with Crippen LogP contribution in [0, 0.1) is 0 Å². The molecular formula is C34H28F6O2. The normalized spacial score (nSPS) is 22.0. The maximum atomic E-state index is 13.6. The largest absolute Gasteiger partial charge is 0.508 e. The van der Waals surface area contributed by atoms with Crippen LogP contribution in [0.5, 0.6) is 11.5 Å². The summed E-state index contributed by atoms with van der Waals surface area (Å²) in [5.41, 5.74) is 3.89. The standard InChI is InChI=1S/C34H28F6O2/c35-33(36,37)23-11-13-29(41)27(17-23)31-21(15-19-5-1-3-7-25(19)31)9-10-22-16-20-6-2-4-8-26(20)32(22)28-18-24(34(38,39)40)12-14-30(28)42/h5-8,11-18,31-32,41-42H,1-4,9-10H2. The fourth-order valence-corrected chi connectivity index (χ4v) is 6.63. The summed E-state index contributed by atoms with van der Waals surface area (Å²) in [5, 5.41) is 21.4. The summed E-state index contributed by atoms with van der Waals surface area (Å²) >= 11 is 0. The topological polar surface area (TPSA) is 40.5 Å². The summed E-state index contributed by atoms with van der Waals surface area (Å²) in [4.78, 5) is 0. The number of halogens is 6. The Balaban J connectivity index is 1.37. The zero-order chi connectivity index (χ0) is 29.8. The molecule has 2 aromatic rings. The second-order valence-corrected chi connectivity index (χ2v) is 11.1. The van der Waals surface area contributed by atoms with E-state index >= 15 is 0 Å². The maximum absolute atomic E-state index is 13.6. The Labute approximate surface area is 239 Å². The highest BCUT2D eigenvalue weighted by Gasteiger charge is 2.38. The van der Waals surface area contributed by atoms with E-state index in [1.165, 1.54) is 0 Å². The molecule has 0 aromatic heterocycles. The van der Waals surface area contributed by atoms with Crippen molar-refractivity contribution in [3.63, 3.8) is 0 Å². The van der Waals surface area contributed by atoms with E-state index in [0.717, 1.165) is 95.5 Å². The molecule has 2 atom stereocenters. The fraction of sp³-hybridized carbons (Fsp3) is 0.294. The minimum Gasteiger partial charge on any atom is -0.508 e. The number of hydrogen-bond donors (Lipinski definition) is 2. The number of phenols is 2. The molecule has 0 radical (unpaired) electrons. The van der Waals surface area contributed by atoms with Gasteiger partial charge in [0.2, 0.25) is 0 Å². The monoisotopic (exact) mass is 582 g/mol. The Kier molecular flexibility index (Phi) is 6.98. The quantitative estimate of drug-likeness (QED) is 0.345. The summed E-state index contributed by atoms with van der Waals surface area (Å²) in [6.45, 7) is 0. The Morgan fingerprint density at radius 1 is 0.571 bits per heavy atom. The molecule has 218 valence electrons. The first kappa shape index (κ1) is 28.2. The Morgan fingerprint density at radius 3 is 1.33 bits per heavy atom. The number of fused-ring (bicyclic) bond motifs is 2. The molecule has 2 unspecified atom stereocenters. The van der Waals surface area contributed by atoms with Crippen molar-refractivity contribution in [2.24, 2.45) is 0 Å². The lowest BCUT2D eigenvalue weighted by atomic mass is 9.80. The SMILES string of the molecule is Oc1ccc(C(F)(F)F)cc1C1C(CCC2=CC3=CCCC=C3C2c2cc(C(F)(F)F)ccc2O)=CC2=CCCC=C21. The number of phenolic OH excluding ortho intramolecular Hbond substituents is 2. The summed E-state index contributed by atoms with van der Waals surface area (Å²) < 4.78 is 81.7. The van der Waals surface area contributed by atoms with Gasteiger partial charge in [-0.25, -0.2) is 0 Å². The van der Waals surface area contributed by atoms with E-state index in [2.05, 4.69) is 0 Å². The van der Waals surface area contributed by atoms with Gasteiger partial charge in [0.1, 0.15) is 11.5 Å². The van der Waals surface area contributed by atoms with Crippen LogP contribution in [0.4, 0.5) is 26.3 Å². The summed E-state index contributed by atoms with van der Waals surface area (Å²) in [6.07, 6.45) is 6.79. The first-order chi connectivity index (χ1) is 19.9. The number of benzene rings is 2. The van der Waals surface area contributed by atoms with Crippen molar-refractivity contribution >= 4 is 0 Å². The number of allylic oxidation sites excluding steroid dienone is 12. The van der Waals surface area contributed by atoms with Crippen LogP contribution < -0.4 is 0 Å². The van der Waals surface area contributed by atoms with Crippen LogP contribution in [0.25, 0.3) is 0 Å². The minimum atomic E-state index is -4.57. The molecule has 0 saturated carbocycles. The number of hydrogen-bond acceptors (Lipinski definition) is 2. The molecule has 0 amide bonds. The van der Waals surface area contributed by atoms with Crippen LogP contribution in [0.3, 0.4) is 0 Å². The maximum Gasteiger partial charge on any atom is 0.416 e. The average molecular weight is 583 g/mol. The van der Waals surface area contributed by atoms with E-state index in [4.69, 9.17) is 0 Å². The number of rotatable bonds is 5. The molecule has 2 N–H and O–H groups in total. The van der Waals surface area contributed by atoms with E-state index in [1.54, 1.807) is 0 Å². The molecule has 0 bridgehead atoms. The van der Waals surface area contributed by atoms with E-state index in [-0.39, 0.29) is 22.6 Å². The van der Waals surface area contributed by atoms with Gasteiger partial charge in [0.15, 0.2) is 0 Å². The van der Waals surface area contributed by atoms with Crippen molar-refractivity contribution in [2.75, 3.05) is 0 Å². The van der Waals surface area contributed by atoms with Gasteiger partial charge in [-0.05, 0) is 97.2 Å². The third-order valence-corrected chi connectivity index (χ3v) is 8.54. The molecule has 8 heteroatoms. The highest BCUT2D eigenvalue weighted by atomic mass is 19.4. The molecule has 2 aromatic carbocycles. The van der Waals surface area contributed by atoms with Gasteiger partial charge < -0.3 is 10.2 Å². The molecule has 0 spiro atoms. The van der Waals surface area contributed by atoms with Gasteiger partial charge in [0.05, 0.1) is 11.1 Å². The zero-order valence-electron chi connectivity index (χ0n) is 22.5. The summed E-state index contributed by atoms with van der Waals surface area (Å²) in [5.74, 6) is -1.58. The Hall–Kier alpha value is -3.94. The van der Waals surface area contributed by atoms with Crippen molar-refractivity contribution in [1.29, 1.82) is 0 Å². The van der Waals surface area contributed by atoms with Gasteiger partial charge in [-0.3, -0.25) is 0 Å². The van der Waals surface area contributed by atoms with Crippen LogP contribution >= 0.6 is 0 Å². The number of alkyl halides is 6. The van der Waals surface area contributed by atoms with Crippen LogP contribution in [-0.2, 0) is 12.4 Å². The lowest BCUT2D eigenvalue weighted by Gasteiger charge is -2.24. The van der Waals surface area contributed by atoms with Crippen molar-refractivity contribution in [3.8, 4) is 11.5 Å². The Morgan fingerprint density at radius 2 is 0.952 bits per heavy atom. The predicted molar refractivity (Wildman–Crippen MR) is 148 cm³/mol. The van der Waals surface area contributed by atoms with Crippen molar-refractivity contribution < 1.29 is 36.6 Å². The molecule has 4 aliphatic rings. The summed E-state index contributed by atoms with van der Waals surface area (Å²) in [7, 11) is 0. The lowest BCUT2D eigenvalue weighted by molar-refractivity contribution is -0.138. The molecule has 42 heavy (non-hydrogen) atoms. The van der Waals surface area contributed by atoms with Gasteiger partial charge in [0, 0.05) is 23.0 Å². The van der Waals surface area contributed by atoms with Crippen molar-refractivity contribution in [2.45, 2.75) is 62.7 Å². The average Bonchev–Trinajstić information content (AvgIpc) is 3.49. The molecule has 0 saturated heterocycles. The molecule has 0 aliphatic heterocycles. The van der Waals surface area contributed by atoms with Gasteiger partial charge in [-0.2, -0.15) is 26.3 Å². The van der Waals surface area contributed by atoms with Gasteiger partial charge in [-0.1, -0.05) is 47.6 Å². The molecule has 4 aliphatic carbocycles. The van der Waals surface area contributed by atoms with Gasteiger partial charge in [0.25, 0.3) is 0 Å². The van der Waals surface area contributed by atoms with Crippen LogP contribution in [0.2, 0.25) is 0 Å². The Bertz CT molecular complexity index is 1510. The molecule has 0 heterocycles. The second kappa shape index (κ2) is 10.4. The fourth-order valence-electron chi connectivity index (χ4n) is 6.63. The smallest absolute Gasteiger partial charge is 0.416 e. The molecule has 0 fully saturated rings.